The second kappa shape index (κ2) is 6.63. The molecule has 1 heterocycles. The Bertz CT molecular complexity index is 759. The summed E-state index contributed by atoms with van der Waals surface area (Å²) >= 11 is 0. The SMILES string of the molecule is Cc1c(C(=O)OCC(C)C)[nH]c2c1C(=O)CC(c1ccccc1)C2. The molecule has 0 saturated heterocycles. The summed E-state index contributed by atoms with van der Waals surface area (Å²) in [5, 5.41) is 0. The fraction of sp³-hybridized carbons (Fsp3) is 0.400. The largest absolute Gasteiger partial charge is 0.461 e. The Labute approximate surface area is 142 Å². The van der Waals surface area contributed by atoms with Gasteiger partial charge in [-0.2, -0.15) is 0 Å². The maximum Gasteiger partial charge on any atom is 0.355 e. The molecule has 0 radical (unpaired) electrons. The number of rotatable bonds is 4. The van der Waals surface area contributed by atoms with Crippen molar-refractivity contribution in [2.45, 2.75) is 39.5 Å². The highest BCUT2D eigenvalue weighted by Crippen LogP contribution is 2.35. The molecule has 4 heteroatoms. The van der Waals surface area contributed by atoms with Crippen molar-refractivity contribution in [2.75, 3.05) is 6.61 Å². The smallest absolute Gasteiger partial charge is 0.355 e. The first kappa shape index (κ1) is 16.5. The lowest BCUT2D eigenvalue weighted by molar-refractivity contribution is 0.0451. The lowest BCUT2D eigenvalue weighted by Crippen LogP contribution is -2.18. The van der Waals surface area contributed by atoms with Gasteiger partial charge in [-0.3, -0.25) is 4.79 Å². The van der Waals surface area contributed by atoms with Gasteiger partial charge in [-0.15, -0.1) is 0 Å². The van der Waals surface area contributed by atoms with Crippen LogP contribution in [-0.4, -0.2) is 23.3 Å². The average molecular weight is 325 g/mol. The van der Waals surface area contributed by atoms with Crippen molar-refractivity contribution in [3.63, 3.8) is 0 Å². The molecule has 1 aliphatic rings. The van der Waals surface area contributed by atoms with E-state index in [1.807, 2.05) is 39.0 Å². The highest BCUT2D eigenvalue weighted by atomic mass is 16.5. The maximum atomic E-state index is 12.6. The molecule has 2 aromatic rings. The molecule has 1 aliphatic carbocycles. The number of ether oxygens (including phenoxy) is 1. The van der Waals surface area contributed by atoms with Crippen molar-refractivity contribution in [3.8, 4) is 0 Å². The number of hydrogen-bond acceptors (Lipinski definition) is 3. The summed E-state index contributed by atoms with van der Waals surface area (Å²) in [5.41, 5.74) is 3.83. The van der Waals surface area contributed by atoms with Crippen LogP contribution in [0.25, 0.3) is 0 Å². The molecule has 0 saturated carbocycles. The number of Topliss-reactive ketones (excluding diaryl/α,β-unsaturated/α-hetero) is 1. The Morgan fingerprint density at radius 3 is 2.62 bits per heavy atom. The van der Waals surface area contributed by atoms with Crippen LogP contribution in [0, 0.1) is 12.8 Å². The van der Waals surface area contributed by atoms with Crippen LogP contribution in [-0.2, 0) is 11.2 Å². The third kappa shape index (κ3) is 3.14. The summed E-state index contributed by atoms with van der Waals surface area (Å²) in [6.45, 7) is 6.19. The summed E-state index contributed by atoms with van der Waals surface area (Å²) in [7, 11) is 0. The summed E-state index contributed by atoms with van der Waals surface area (Å²) in [4.78, 5) is 28.1. The molecule has 1 aromatic heterocycles. The van der Waals surface area contributed by atoms with Crippen molar-refractivity contribution in [2.24, 2.45) is 5.92 Å². The first-order chi connectivity index (χ1) is 11.5. The average Bonchev–Trinajstić information content (AvgIpc) is 2.90. The molecule has 126 valence electrons. The molecule has 0 aliphatic heterocycles. The molecule has 4 nitrogen and oxygen atoms in total. The third-order valence-electron chi connectivity index (χ3n) is 4.51. The zero-order valence-electron chi connectivity index (χ0n) is 14.4. The second-order valence-electron chi connectivity index (χ2n) is 6.91. The topological polar surface area (TPSA) is 59.2 Å². The number of aromatic amines is 1. The normalized spacial score (nSPS) is 17.0. The quantitative estimate of drug-likeness (QED) is 0.863. The Kier molecular flexibility index (Phi) is 4.56. The van der Waals surface area contributed by atoms with E-state index in [0.29, 0.717) is 24.3 Å². The zero-order chi connectivity index (χ0) is 17.3. The second-order valence-corrected chi connectivity index (χ2v) is 6.91. The van der Waals surface area contributed by atoms with Crippen molar-refractivity contribution < 1.29 is 14.3 Å². The number of ketones is 1. The predicted molar refractivity (Wildman–Crippen MR) is 92.5 cm³/mol. The van der Waals surface area contributed by atoms with E-state index in [1.54, 1.807) is 0 Å². The maximum absolute atomic E-state index is 12.6. The fourth-order valence-corrected chi connectivity index (χ4v) is 3.31. The van der Waals surface area contributed by atoms with Crippen LogP contribution in [0.2, 0.25) is 0 Å². The summed E-state index contributed by atoms with van der Waals surface area (Å²) in [6.07, 6.45) is 1.22. The van der Waals surface area contributed by atoms with Crippen LogP contribution in [0.4, 0.5) is 0 Å². The number of esters is 1. The molecule has 1 atom stereocenters. The van der Waals surface area contributed by atoms with Crippen LogP contribution in [0.3, 0.4) is 0 Å². The molecule has 0 amide bonds. The number of H-pyrrole nitrogens is 1. The lowest BCUT2D eigenvalue weighted by atomic mass is 9.81. The Balaban J connectivity index is 1.87. The van der Waals surface area contributed by atoms with Crippen LogP contribution in [0.1, 0.15) is 63.9 Å². The van der Waals surface area contributed by atoms with E-state index in [4.69, 9.17) is 4.74 Å². The molecular formula is C20H23NO3. The summed E-state index contributed by atoms with van der Waals surface area (Å²) in [6, 6.07) is 10.1. The van der Waals surface area contributed by atoms with Crippen LogP contribution in [0.5, 0.6) is 0 Å². The standard InChI is InChI=1S/C20H23NO3/c1-12(2)11-24-20(23)19-13(3)18-16(21-19)9-15(10-17(18)22)14-7-5-4-6-8-14/h4-8,12,15,21H,9-11H2,1-3H3. The molecule has 24 heavy (non-hydrogen) atoms. The van der Waals surface area contributed by atoms with E-state index in [9.17, 15) is 9.59 Å². The van der Waals surface area contributed by atoms with Gasteiger partial charge in [-0.05, 0) is 36.3 Å². The van der Waals surface area contributed by atoms with Gasteiger partial charge in [0, 0.05) is 17.7 Å². The highest BCUT2D eigenvalue weighted by Gasteiger charge is 2.32. The van der Waals surface area contributed by atoms with E-state index in [-0.39, 0.29) is 23.6 Å². The molecule has 1 unspecified atom stereocenters. The minimum Gasteiger partial charge on any atom is -0.461 e. The Morgan fingerprint density at radius 1 is 1.25 bits per heavy atom. The molecule has 0 spiro atoms. The predicted octanol–water partition coefficient (Wildman–Crippen LogP) is 4.05. The van der Waals surface area contributed by atoms with Crippen molar-refractivity contribution in [1.82, 2.24) is 4.98 Å². The van der Waals surface area contributed by atoms with Gasteiger partial charge in [0.15, 0.2) is 5.78 Å². The van der Waals surface area contributed by atoms with Crippen LogP contribution >= 0.6 is 0 Å². The van der Waals surface area contributed by atoms with E-state index in [0.717, 1.165) is 23.2 Å². The molecule has 3 rings (SSSR count). The number of carbonyl (C=O) groups is 2. The van der Waals surface area contributed by atoms with Crippen LogP contribution < -0.4 is 0 Å². The van der Waals surface area contributed by atoms with Gasteiger partial charge in [0.05, 0.1) is 6.61 Å². The number of aromatic nitrogens is 1. The van der Waals surface area contributed by atoms with Gasteiger partial charge in [-0.1, -0.05) is 44.2 Å². The van der Waals surface area contributed by atoms with Gasteiger partial charge in [0.1, 0.15) is 5.69 Å². The van der Waals surface area contributed by atoms with Gasteiger partial charge < -0.3 is 9.72 Å². The molecule has 0 fully saturated rings. The van der Waals surface area contributed by atoms with E-state index in [2.05, 4.69) is 17.1 Å². The molecular weight excluding hydrogens is 302 g/mol. The Hall–Kier alpha value is -2.36. The van der Waals surface area contributed by atoms with E-state index in [1.165, 1.54) is 0 Å². The lowest BCUT2D eigenvalue weighted by Gasteiger charge is -2.22. The zero-order valence-corrected chi connectivity index (χ0v) is 14.4. The Morgan fingerprint density at radius 2 is 1.96 bits per heavy atom. The monoisotopic (exact) mass is 325 g/mol. The number of fused-ring (bicyclic) bond motifs is 1. The summed E-state index contributed by atoms with van der Waals surface area (Å²) < 4.78 is 5.31. The van der Waals surface area contributed by atoms with Gasteiger partial charge >= 0.3 is 5.97 Å². The number of nitrogens with one attached hydrogen (secondary N) is 1. The van der Waals surface area contributed by atoms with Gasteiger partial charge in [0.25, 0.3) is 0 Å². The number of benzene rings is 1. The third-order valence-corrected chi connectivity index (χ3v) is 4.51. The number of hydrogen-bond donors (Lipinski definition) is 1. The van der Waals surface area contributed by atoms with Crippen molar-refractivity contribution in [3.05, 3.63) is 58.4 Å². The van der Waals surface area contributed by atoms with E-state index >= 15 is 0 Å². The van der Waals surface area contributed by atoms with Crippen molar-refractivity contribution in [1.29, 1.82) is 0 Å². The number of carbonyl (C=O) groups excluding carboxylic acids is 2. The minimum atomic E-state index is -0.375. The highest BCUT2D eigenvalue weighted by molar-refractivity contribution is 6.03. The van der Waals surface area contributed by atoms with Crippen LogP contribution in [0.15, 0.2) is 30.3 Å². The summed E-state index contributed by atoms with van der Waals surface area (Å²) in [5.74, 6) is 0.160. The molecule has 0 bridgehead atoms. The van der Waals surface area contributed by atoms with Crippen molar-refractivity contribution >= 4 is 11.8 Å². The van der Waals surface area contributed by atoms with E-state index < -0.39 is 0 Å². The molecule has 1 N–H and O–H groups in total. The fourth-order valence-electron chi connectivity index (χ4n) is 3.31. The molecule has 1 aromatic carbocycles. The first-order valence-corrected chi connectivity index (χ1v) is 8.44. The van der Waals surface area contributed by atoms with Gasteiger partial charge in [0.2, 0.25) is 0 Å². The first-order valence-electron chi connectivity index (χ1n) is 8.44. The minimum absolute atomic E-state index is 0.0989. The van der Waals surface area contributed by atoms with Gasteiger partial charge in [-0.25, -0.2) is 4.79 Å².